The summed E-state index contributed by atoms with van der Waals surface area (Å²) >= 11 is 0. The van der Waals surface area contributed by atoms with Crippen LogP contribution in [0.25, 0.3) is 0 Å². The van der Waals surface area contributed by atoms with E-state index < -0.39 is 68.5 Å². The Bertz CT molecular complexity index is 1660. The number of carbonyl (C=O) groups excluding carboxylic acids is 5. The van der Waals surface area contributed by atoms with E-state index in [1.165, 1.54) is 23.2 Å². The molecule has 1 saturated heterocycles. The molecular formula is C37H52N6O7S. The number of nitrogens with zero attached hydrogens (tertiary/aromatic N) is 2. The first-order chi connectivity index (χ1) is 23.9. The lowest BCUT2D eigenvalue weighted by Gasteiger charge is -2.40. The second kappa shape index (κ2) is 15.6. The molecule has 2 saturated carbocycles. The van der Waals surface area contributed by atoms with Crippen LogP contribution in [0.3, 0.4) is 0 Å². The fraction of sp³-hybridized carbons (Fsp3) is 0.622. The van der Waals surface area contributed by atoms with E-state index in [0.717, 1.165) is 19.3 Å². The highest BCUT2D eigenvalue weighted by molar-refractivity contribution is 7.91. The van der Waals surface area contributed by atoms with Gasteiger partial charge in [0.05, 0.1) is 17.3 Å². The molecule has 4 N–H and O–H groups in total. The normalized spacial score (nSPS) is 23.0. The van der Waals surface area contributed by atoms with Crippen LogP contribution < -0.4 is 21.3 Å². The molecule has 2 aliphatic carbocycles. The highest BCUT2D eigenvalue weighted by Gasteiger charge is 2.70. The molecule has 1 aromatic rings. The number of nitrogens with one attached hydrogen (secondary N) is 4. The smallest absolute Gasteiger partial charge is 0.315 e. The summed E-state index contributed by atoms with van der Waals surface area (Å²) < 4.78 is 26.8. The predicted molar refractivity (Wildman–Crippen MR) is 191 cm³/mol. The second-order valence-electron chi connectivity index (χ2n) is 15.7. The number of aromatic nitrogens is 1. The number of ketones is 1. The number of urea groups is 1. The molecule has 4 rings (SSSR count). The summed E-state index contributed by atoms with van der Waals surface area (Å²) in [5.41, 5.74) is -2.14. The SMILES string of the molecule is C#CCCC(NC(=O)[C@@H]1[C@@H]2[C@H](CN1C(=O)[C@@H](NC(=O)NC1(CS(=O)(=O)c3ccccn3)CCCCC1)C(C)(C)C)C2(C)C)C(=O)C(=O)NCC=C. The third-order valence-corrected chi connectivity index (χ3v) is 12.4. The molecule has 5 atom stereocenters. The highest BCUT2D eigenvalue weighted by atomic mass is 32.2. The minimum atomic E-state index is -3.85. The van der Waals surface area contributed by atoms with Crippen LogP contribution in [0.5, 0.6) is 0 Å². The number of likely N-dealkylation sites (tertiary alicyclic amines) is 1. The maximum Gasteiger partial charge on any atom is 0.315 e. The molecule has 278 valence electrons. The Kier molecular flexibility index (Phi) is 12.1. The Hall–Kier alpha value is -4.25. The van der Waals surface area contributed by atoms with E-state index in [-0.39, 0.29) is 54.0 Å². The summed E-state index contributed by atoms with van der Waals surface area (Å²) in [5.74, 6) is -0.893. The Labute approximate surface area is 301 Å². The van der Waals surface area contributed by atoms with Crippen LogP contribution in [0.1, 0.15) is 79.6 Å². The number of Topliss-reactive ketones (excluding diaryl/α,β-unsaturated/α-hetero) is 1. The number of terminal acetylenes is 1. The minimum Gasteiger partial charge on any atom is -0.346 e. The first-order valence-electron chi connectivity index (χ1n) is 17.6. The summed E-state index contributed by atoms with van der Waals surface area (Å²) in [7, 11) is -3.85. The summed E-state index contributed by atoms with van der Waals surface area (Å²) in [5, 5.41) is 10.9. The summed E-state index contributed by atoms with van der Waals surface area (Å²) in [6.07, 6.45) is 11.7. The Balaban J connectivity index is 1.56. The van der Waals surface area contributed by atoms with Gasteiger partial charge in [0.1, 0.15) is 12.1 Å². The van der Waals surface area contributed by atoms with Gasteiger partial charge in [-0.05, 0) is 54.1 Å². The standard InChI is InChI=1S/C37H52N6O7S/c1-8-10-16-25(29(44)32(46)39-20-9-2)40-31(45)28-27-24(36(27,6)7)22-43(28)33(47)30(35(3,4)5)41-34(48)42-37(18-13-11-14-19-37)23-51(49,50)26-17-12-15-21-38-26/h1,9,12,15,17,21,24-25,27-28,30H,2,10-11,13-14,16,18-20,22-23H2,3-7H3,(H,39,46)(H,40,45)(H2,41,42,48)/t24-,25?,27-,28-,30+/m0/s1. The van der Waals surface area contributed by atoms with Crippen molar-refractivity contribution in [1.82, 2.24) is 31.2 Å². The van der Waals surface area contributed by atoms with Gasteiger partial charge in [0.25, 0.3) is 5.91 Å². The van der Waals surface area contributed by atoms with E-state index in [1.54, 1.807) is 32.9 Å². The number of pyridine rings is 1. The highest BCUT2D eigenvalue weighted by Crippen LogP contribution is 2.65. The topological polar surface area (TPSA) is 184 Å². The van der Waals surface area contributed by atoms with Crippen molar-refractivity contribution in [3.8, 4) is 12.3 Å². The van der Waals surface area contributed by atoms with Crippen molar-refractivity contribution in [2.75, 3.05) is 18.8 Å². The number of hydrogen-bond donors (Lipinski definition) is 4. The van der Waals surface area contributed by atoms with Crippen molar-refractivity contribution in [1.29, 1.82) is 0 Å². The van der Waals surface area contributed by atoms with Crippen LogP contribution in [0, 0.1) is 35.0 Å². The molecule has 3 aliphatic rings. The number of fused-ring (bicyclic) bond motifs is 1. The second-order valence-corrected chi connectivity index (χ2v) is 17.7. The van der Waals surface area contributed by atoms with Gasteiger partial charge in [-0.15, -0.1) is 18.9 Å². The van der Waals surface area contributed by atoms with Crippen LogP contribution >= 0.6 is 0 Å². The molecule has 13 nitrogen and oxygen atoms in total. The average molecular weight is 725 g/mol. The monoisotopic (exact) mass is 724 g/mol. The Morgan fingerprint density at radius 3 is 2.39 bits per heavy atom. The fourth-order valence-corrected chi connectivity index (χ4v) is 9.45. The van der Waals surface area contributed by atoms with E-state index in [2.05, 4.69) is 38.8 Å². The molecule has 51 heavy (non-hydrogen) atoms. The van der Waals surface area contributed by atoms with Crippen LogP contribution in [0.15, 0.2) is 42.1 Å². The molecule has 1 unspecified atom stereocenters. The Morgan fingerprint density at radius 2 is 1.80 bits per heavy atom. The lowest BCUT2D eigenvalue weighted by atomic mass is 9.83. The summed E-state index contributed by atoms with van der Waals surface area (Å²) in [4.78, 5) is 73.3. The molecule has 3 fully saturated rings. The molecule has 0 radical (unpaired) electrons. The first kappa shape index (κ1) is 39.5. The number of hydrogen-bond acceptors (Lipinski definition) is 8. The van der Waals surface area contributed by atoms with Gasteiger partial charge in [0, 0.05) is 25.7 Å². The van der Waals surface area contributed by atoms with Gasteiger partial charge in [-0.1, -0.05) is 66.0 Å². The van der Waals surface area contributed by atoms with Crippen LogP contribution in [0.4, 0.5) is 4.79 Å². The van der Waals surface area contributed by atoms with Gasteiger partial charge in [-0.25, -0.2) is 18.2 Å². The third-order valence-electron chi connectivity index (χ3n) is 10.6. The molecule has 0 aromatic carbocycles. The van der Waals surface area contributed by atoms with Gasteiger partial charge in [0.2, 0.25) is 17.6 Å². The Morgan fingerprint density at radius 1 is 1.12 bits per heavy atom. The molecule has 1 aliphatic heterocycles. The molecular weight excluding hydrogens is 673 g/mol. The zero-order valence-electron chi connectivity index (χ0n) is 30.3. The maximum absolute atomic E-state index is 14.5. The largest absolute Gasteiger partial charge is 0.346 e. The number of rotatable bonds is 14. The van der Waals surface area contributed by atoms with E-state index in [0.29, 0.717) is 12.8 Å². The zero-order valence-corrected chi connectivity index (χ0v) is 31.1. The maximum atomic E-state index is 14.5. The number of amides is 5. The summed E-state index contributed by atoms with van der Waals surface area (Å²) in [6, 6.07) is 0.721. The molecule has 0 bridgehead atoms. The van der Waals surface area contributed by atoms with Gasteiger partial charge >= 0.3 is 6.03 Å². The average Bonchev–Trinajstić information content (AvgIpc) is 3.38. The van der Waals surface area contributed by atoms with Crippen molar-refractivity contribution in [2.45, 2.75) is 108 Å². The number of carbonyl (C=O) groups is 5. The minimum absolute atomic E-state index is 0.00436. The van der Waals surface area contributed by atoms with Crippen molar-refractivity contribution in [3.63, 3.8) is 0 Å². The predicted octanol–water partition coefficient (Wildman–Crippen LogP) is 2.52. The van der Waals surface area contributed by atoms with Gasteiger partial charge in [-0.3, -0.25) is 19.2 Å². The zero-order chi connectivity index (χ0) is 37.8. The molecule has 5 amide bonds. The number of sulfone groups is 1. The quantitative estimate of drug-likeness (QED) is 0.128. The lowest BCUT2D eigenvalue weighted by molar-refractivity contribution is -0.145. The van der Waals surface area contributed by atoms with Crippen molar-refractivity contribution < 1.29 is 32.4 Å². The van der Waals surface area contributed by atoms with E-state index in [1.807, 2.05) is 13.8 Å². The van der Waals surface area contributed by atoms with Crippen molar-refractivity contribution in [2.24, 2.45) is 22.7 Å². The third kappa shape index (κ3) is 8.98. The number of piperidine rings is 1. The molecule has 0 spiro atoms. The van der Waals surface area contributed by atoms with Crippen LogP contribution in [-0.2, 0) is 29.0 Å². The summed E-state index contributed by atoms with van der Waals surface area (Å²) in [6.45, 7) is 13.3. The molecule has 2 heterocycles. The van der Waals surface area contributed by atoms with E-state index in [9.17, 15) is 32.4 Å². The van der Waals surface area contributed by atoms with Gasteiger partial charge in [0.15, 0.2) is 14.9 Å². The van der Waals surface area contributed by atoms with Crippen LogP contribution in [0.2, 0.25) is 0 Å². The van der Waals surface area contributed by atoms with Crippen LogP contribution in [-0.4, -0.2) is 90.3 Å². The fourth-order valence-electron chi connectivity index (χ4n) is 7.70. The molecule has 1 aromatic heterocycles. The van der Waals surface area contributed by atoms with Crippen molar-refractivity contribution >= 4 is 39.4 Å². The van der Waals surface area contributed by atoms with Gasteiger partial charge in [-0.2, -0.15) is 0 Å². The van der Waals surface area contributed by atoms with E-state index in [4.69, 9.17) is 6.42 Å². The molecule has 14 heteroatoms. The van der Waals surface area contributed by atoms with Crippen molar-refractivity contribution in [3.05, 3.63) is 37.1 Å². The van der Waals surface area contributed by atoms with Gasteiger partial charge < -0.3 is 26.2 Å². The van der Waals surface area contributed by atoms with E-state index >= 15 is 0 Å². The first-order valence-corrected chi connectivity index (χ1v) is 19.2. The lowest BCUT2D eigenvalue weighted by Crippen LogP contribution is -2.63.